The molecule has 178 valence electrons. The molecule has 1 fully saturated rings. The van der Waals surface area contributed by atoms with Gasteiger partial charge in [0.05, 0.1) is 12.0 Å². The van der Waals surface area contributed by atoms with Crippen molar-refractivity contribution in [2.24, 2.45) is 23.2 Å². The predicted molar refractivity (Wildman–Crippen MR) is 114 cm³/mol. The molecule has 0 amide bonds. The van der Waals surface area contributed by atoms with Crippen LogP contribution in [0.2, 0.25) is 0 Å². The number of aliphatic hydroxyl groups is 2. The molecule has 1 heterocycles. The van der Waals surface area contributed by atoms with Crippen LogP contribution in [-0.4, -0.2) is 58.1 Å². The average Bonchev–Trinajstić information content (AvgIpc) is 2.90. The van der Waals surface area contributed by atoms with Crippen molar-refractivity contribution in [1.82, 2.24) is 0 Å². The quantitative estimate of drug-likeness (QED) is 0.373. The number of carbonyl (C=O) groups excluding carboxylic acids is 3. The first-order chi connectivity index (χ1) is 14.8. The van der Waals surface area contributed by atoms with Crippen LogP contribution in [0.5, 0.6) is 0 Å². The molecule has 0 aromatic carbocycles. The molecule has 0 bridgehead atoms. The van der Waals surface area contributed by atoms with Gasteiger partial charge < -0.3 is 24.4 Å². The largest absolute Gasteiger partial charge is 0.462 e. The number of rotatable bonds is 2. The van der Waals surface area contributed by atoms with Crippen molar-refractivity contribution in [3.05, 3.63) is 23.8 Å². The minimum atomic E-state index is -1.90. The second-order valence-corrected chi connectivity index (χ2v) is 9.75. The third-order valence-electron chi connectivity index (χ3n) is 7.55. The second-order valence-electron chi connectivity index (χ2n) is 9.75. The maximum absolute atomic E-state index is 12.5. The highest BCUT2D eigenvalue weighted by molar-refractivity contribution is 5.77. The van der Waals surface area contributed by atoms with Crippen LogP contribution in [0.3, 0.4) is 0 Å². The third-order valence-corrected chi connectivity index (χ3v) is 7.55. The van der Waals surface area contributed by atoms with Crippen LogP contribution in [-0.2, 0) is 28.6 Å². The number of aliphatic hydroxyl groups excluding tert-OH is 1. The molecule has 0 aromatic heterocycles. The molecule has 2 aliphatic carbocycles. The Morgan fingerprint density at radius 2 is 1.81 bits per heavy atom. The van der Waals surface area contributed by atoms with E-state index in [0.29, 0.717) is 12.8 Å². The fourth-order valence-electron chi connectivity index (χ4n) is 5.68. The van der Waals surface area contributed by atoms with Gasteiger partial charge in [0.2, 0.25) is 0 Å². The second kappa shape index (κ2) is 8.63. The lowest BCUT2D eigenvalue weighted by molar-refractivity contribution is -0.193. The van der Waals surface area contributed by atoms with Crippen LogP contribution in [0, 0.1) is 23.2 Å². The molecular formula is C24H34O8. The van der Waals surface area contributed by atoms with Gasteiger partial charge in [-0.05, 0) is 38.8 Å². The summed E-state index contributed by atoms with van der Waals surface area (Å²) in [5.41, 5.74) is -1.94. The van der Waals surface area contributed by atoms with E-state index < -0.39 is 71.1 Å². The van der Waals surface area contributed by atoms with E-state index in [1.807, 2.05) is 26.8 Å². The Labute approximate surface area is 188 Å². The summed E-state index contributed by atoms with van der Waals surface area (Å²) in [4.78, 5) is 36.1. The molecule has 0 spiro atoms. The summed E-state index contributed by atoms with van der Waals surface area (Å²) in [7, 11) is 0. The molecule has 8 heteroatoms. The molecule has 3 rings (SSSR count). The Kier molecular flexibility index (Phi) is 6.60. The van der Waals surface area contributed by atoms with Crippen LogP contribution in [0.1, 0.15) is 54.4 Å². The summed E-state index contributed by atoms with van der Waals surface area (Å²) in [5, 5.41) is 23.5. The zero-order chi connectivity index (χ0) is 24.0. The first kappa shape index (κ1) is 24.5. The smallest absolute Gasteiger partial charge is 0.312 e. The maximum atomic E-state index is 12.5. The number of fused-ring (bicyclic) bond motifs is 2. The number of esters is 3. The third kappa shape index (κ3) is 3.99. The standard InChI is InChI=1S/C24H34O8/c1-12-7-8-18(31-16(5)26)23(6)10-9-17(30-15(4)25)13(2)20(23)21(27)24(29)14(3)22(28)32-19(24)11-12/h9-11,13-14,17-21,27,29H,7-8H2,1-6H3/b12-11-/t13-,14-,17+,18-,19-,20+,21-,23+,24-/m0/s1. The molecule has 3 aliphatic rings. The summed E-state index contributed by atoms with van der Waals surface area (Å²) in [6.45, 7) is 9.72. The fraction of sp³-hybridized carbons (Fsp3) is 0.708. The van der Waals surface area contributed by atoms with Crippen molar-refractivity contribution in [2.45, 2.75) is 84.4 Å². The van der Waals surface area contributed by atoms with Gasteiger partial charge in [0, 0.05) is 31.1 Å². The average molecular weight is 451 g/mol. The predicted octanol–water partition coefficient (Wildman–Crippen LogP) is 2.07. The Bertz CT molecular complexity index is 847. The first-order valence-electron chi connectivity index (χ1n) is 11.1. The number of hydrogen-bond acceptors (Lipinski definition) is 8. The van der Waals surface area contributed by atoms with Gasteiger partial charge in [0.25, 0.3) is 0 Å². The maximum Gasteiger partial charge on any atom is 0.312 e. The normalized spacial score (nSPS) is 45.6. The highest BCUT2D eigenvalue weighted by Crippen LogP contribution is 2.53. The van der Waals surface area contributed by atoms with Gasteiger partial charge in [-0.3, -0.25) is 14.4 Å². The van der Waals surface area contributed by atoms with Crippen LogP contribution < -0.4 is 0 Å². The van der Waals surface area contributed by atoms with Gasteiger partial charge in [-0.25, -0.2) is 0 Å². The first-order valence-corrected chi connectivity index (χ1v) is 11.1. The molecule has 0 unspecified atom stereocenters. The Balaban J connectivity index is 2.19. The number of carbonyl (C=O) groups is 3. The van der Waals surface area contributed by atoms with Gasteiger partial charge >= 0.3 is 17.9 Å². The molecular weight excluding hydrogens is 416 g/mol. The van der Waals surface area contributed by atoms with Crippen molar-refractivity contribution < 1.29 is 38.8 Å². The number of allylic oxidation sites excluding steroid dienone is 1. The highest BCUT2D eigenvalue weighted by Gasteiger charge is 2.64. The molecule has 0 radical (unpaired) electrons. The van der Waals surface area contributed by atoms with Gasteiger partial charge in [-0.2, -0.15) is 0 Å². The van der Waals surface area contributed by atoms with E-state index in [1.54, 1.807) is 12.2 Å². The SMILES string of the molecule is CC(=O)O[C@H]1CC/C(C)=C\[C@@H]2OC(=O)[C@H](C)[C@@]2(O)[C@@H](O)[C@H]2[C@@H](C)[C@H](OC(C)=O)C=C[C@@]21C. The molecule has 9 atom stereocenters. The van der Waals surface area contributed by atoms with E-state index >= 15 is 0 Å². The van der Waals surface area contributed by atoms with E-state index in [0.717, 1.165) is 5.57 Å². The zero-order valence-electron chi connectivity index (χ0n) is 19.5. The van der Waals surface area contributed by atoms with E-state index in [4.69, 9.17) is 14.2 Å². The number of hydrogen-bond donors (Lipinski definition) is 2. The van der Waals surface area contributed by atoms with Crippen LogP contribution in [0.4, 0.5) is 0 Å². The van der Waals surface area contributed by atoms with Crippen molar-refractivity contribution in [2.75, 3.05) is 0 Å². The minimum absolute atomic E-state index is 0.445. The minimum Gasteiger partial charge on any atom is -0.462 e. The zero-order valence-corrected chi connectivity index (χ0v) is 19.5. The summed E-state index contributed by atoms with van der Waals surface area (Å²) < 4.78 is 16.7. The lowest BCUT2D eigenvalue weighted by atomic mass is 9.56. The van der Waals surface area contributed by atoms with Gasteiger partial charge in [-0.1, -0.05) is 25.5 Å². The molecule has 2 N–H and O–H groups in total. The number of ether oxygens (including phenoxy) is 3. The van der Waals surface area contributed by atoms with Crippen molar-refractivity contribution >= 4 is 17.9 Å². The van der Waals surface area contributed by atoms with E-state index in [-0.39, 0.29) is 0 Å². The monoisotopic (exact) mass is 450 g/mol. The molecule has 0 aromatic rings. The lowest BCUT2D eigenvalue weighted by Crippen LogP contribution is -2.63. The molecule has 32 heavy (non-hydrogen) atoms. The lowest BCUT2D eigenvalue weighted by Gasteiger charge is -2.53. The van der Waals surface area contributed by atoms with Crippen LogP contribution in [0.25, 0.3) is 0 Å². The topological polar surface area (TPSA) is 119 Å². The van der Waals surface area contributed by atoms with E-state index in [2.05, 4.69) is 0 Å². The summed E-state index contributed by atoms with van der Waals surface area (Å²) >= 11 is 0. The van der Waals surface area contributed by atoms with Crippen LogP contribution in [0.15, 0.2) is 23.8 Å². The summed E-state index contributed by atoms with van der Waals surface area (Å²) in [5.74, 6) is -3.64. The molecule has 8 nitrogen and oxygen atoms in total. The summed E-state index contributed by atoms with van der Waals surface area (Å²) in [6, 6.07) is 0. The van der Waals surface area contributed by atoms with Gasteiger partial charge in [0.15, 0.2) is 6.10 Å². The van der Waals surface area contributed by atoms with Gasteiger partial charge in [-0.15, -0.1) is 0 Å². The Morgan fingerprint density at radius 1 is 1.19 bits per heavy atom. The Hall–Kier alpha value is -2.19. The fourth-order valence-corrected chi connectivity index (χ4v) is 5.68. The van der Waals surface area contributed by atoms with E-state index in [1.165, 1.54) is 20.8 Å². The molecule has 1 saturated heterocycles. The molecule has 1 aliphatic heterocycles. The van der Waals surface area contributed by atoms with Crippen molar-refractivity contribution in [3.8, 4) is 0 Å². The van der Waals surface area contributed by atoms with Gasteiger partial charge in [0.1, 0.15) is 17.8 Å². The van der Waals surface area contributed by atoms with Crippen molar-refractivity contribution in [1.29, 1.82) is 0 Å². The van der Waals surface area contributed by atoms with E-state index in [9.17, 15) is 24.6 Å². The van der Waals surface area contributed by atoms with Crippen molar-refractivity contribution in [3.63, 3.8) is 0 Å². The highest BCUT2D eigenvalue weighted by atomic mass is 16.6. The summed E-state index contributed by atoms with van der Waals surface area (Å²) in [6.07, 6.45) is 2.56. The van der Waals surface area contributed by atoms with Crippen LogP contribution >= 0.6 is 0 Å². The molecule has 0 saturated carbocycles. The Morgan fingerprint density at radius 3 is 2.41 bits per heavy atom.